The summed E-state index contributed by atoms with van der Waals surface area (Å²) in [5.41, 5.74) is -1.33. The van der Waals surface area contributed by atoms with Gasteiger partial charge in [-0.05, 0) is 6.92 Å². The third kappa shape index (κ3) is 6.47. The SMILES string of the molecule is COCCC(C)(O)CNC(=O)C(C)(C)C. The number of hydrogen-bond acceptors (Lipinski definition) is 3. The zero-order valence-corrected chi connectivity index (χ0v) is 10.4. The zero-order chi connectivity index (χ0) is 12.1. The smallest absolute Gasteiger partial charge is 0.225 e. The topological polar surface area (TPSA) is 58.6 Å². The van der Waals surface area contributed by atoms with Crippen LogP contribution in [0.2, 0.25) is 0 Å². The highest BCUT2D eigenvalue weighted by molar-refractivity contribution is 5.81. The second kappa shape index (κ2) is 5.47. The maximum Gasteiger partial charge on any atom is 0.225 e. The van der Waals surface area contributed by atoms with Crippen LogP contribution >= 0.6 is 0 Å². The maximum absolute atomic E-state index is 11.5. The lowest BCUT2D eigenvalue weighted by Gasteiger charge is -2.26. The number of methoxy groups -OCH3 is 1. The third-order valence-electron chi connectivity index (χ3n) is 2.16. The van der Waals surface area contributed by atoms with Gasteiger partial charge in [-0.15, -0.1) is 0 Å². The molecule has 1 amide bonds. The molecule has 1 unspecified atom stereocenters. The van der Waals surface area contributed by atoms with E-state index in [0.717, 1.165) is 0 Å². The van der Waals surface area contributed by atoms with Crippen LogP contribution in [-0.2, 0) is 9.53 Å². The Bertz CT molecular complexity index is 206. The molecule has 0 spiro atoms. The Kier molecular flexibility index (Phi) is 5.24. The molecule has 0 aromatic carbocycles. The van der Waals surface area contributed by atoms with Crippen LogP contribution in [-0.4, -0.2) is 36.9 Å². The summed E-state index contributed by atoms with van der Waals surface area (Å²) >= 11 is 0. The Hall–Kier alpha value is -0.610. The van der Waals surface area contributed by atoms with Crippen molar-refractivity contribution in [2.75, 3.05) is 20.3 Å². The molecular weight excluding hydrogens is 194 g/mol. The van der Waals surface area contributed by atoms with E-state index in [1.165, 1.54) is 0 Å². The van der Waals surface area contributed by atoms with Gasteiger partial charge in [0.1, 0.15) is 0 Å². The first-order chi connectivity index (χ1) is 6.69. The summed E-state index contributed by atoms with van der Waals surface area (Å²) in [5.74, 6) is -0.0554. The fourth-order valence-electron chi connectivity index (χ4n) is 0.946. The highest BCUT2D eigenvalue weighted by Gasteiger charge is 2.25. The minimum atomic E-state index is -0.906. The summed E-state index contributed by atoms with van der Waals surface area (Å²) in [6, 6.07) is 0. The van der Waals surface area contributed by atoms with Gasteiger partial charge >= 0.3 is 0 Å². The number of carbonyl (C=O) groups excluding carboxylic acids is 1. The summed E-state index contributed by atoms with van der Waals surface area (Å²) in [6.45, 7) is 7.95. The van der Waals surface area contributed by atoms with E-state index < -0.39 is 11.0 Å². The first kappa shape index (κ1) is 14.4. The third-order valence-corrected chi connectivity index (χ3v) is 2.16. The molecule has 0 rings (SSSR count). The van der Waals surface area contributed by atoms with Crippen LogP contribution in [0.4, 0.5) is 0 Å². The molecule has 4 nitrogen and oxygen atoms in total. The molecular formula is C11H23NO3. The van der Waals surface area contributed by atoms with Crippen molar-refractivity contribution >= 4 is 5.91 Å². The lowest BCUT2D eigenvalue weighted by atomic mass is 9.95. The van der Waals surface area contributed by atoms with Gasteiger partial charge in [-0.25, -0.2) is 0 Å². The fourth-order valence-corrected chi connectivity index (χ4v) is 0.946. The van der Waals surface area contributed by atoms with Crippen molar-refractivity contribution in [1.82, 2.24) is 5.32 Å². The molecule has 0 radical (unpaired) electrons. The average Bonchev–Trinajstić information content (AvgIpc) is 2.09. The molecule has 1 atom stereocenters. The largest absolute Gasteiger partial charge is 0.388 e. The predicted molar refractivity (Wildman–Crippen MR) is 59.6 cm³/mol. The van der Waals surface area contributed by atoms with Crippen LogP contribution in [0.3, 0.4) is 0 Å². The standard InChI is InChI=1S/C11H23NO3/c1-10(2,3)9(13)12-8-11(4,14)6-7-15-5/h14H,6-8H2,1-5H3,(H,12,13). The molecule has 0 aliphatic rings. The van der Waals surface area contributed by atoms with E-state index >= 15 is 0 Å². The number of nitrogens with one attached hydrogen (secondary N) is 1. The average molecular weight is 217 g/mol. The Morgan fingerprint density at radius 3 is 2.27 bits per heavy atom. The van der Waals surface area contributed by atoms with E-state index in [0.29, 0.717) is 13.0 Å². The van der Waals surface area contributed by atoms with E-state index in [1.54, 1.807) is 14.0 Å². The van der Waals surface area contributed by atoms with Crippen LogP contribution in [0, 0.1) is 5.41 Å². The minimum absolute atomic E-state index is 0.0554. The minimum Gasteiger partial charge on any atom is -0.388 e. The van der Waals surface area contributed by atoms with Crippen LogP contribution < -0.4 is 5.32 Å². The second-order valence-corrected chi connectivity index (χ2v) is 5.17. The van der Waals surface area contributed by atoms with E-state index in [4.69, 9.17) is 4.74 Å². The molecule has 0 aliphatic carbocycles. The zero-order valence-electron chi connectivity index (χ0n) is 10.4. The molecule has 0 aromatic rings. The van der Waals surface area contributed by atoms with Crippen molar-refractivity contribution < 1.29 is 14.6 Å². The lowest BCUT2D eigenvalue weighted by molar-refractivity contribution is -0.129. The highest BCUT2D eigenvalue weighted by Crippen LogP contribution is 2.14. The van der Waals surface area contributed by atoms with Crippen LogP contribution in [0.5, 0.6) is 0 Å². The summed E-state index contributed by atoms with van der Waals surface area (Å²) in [4.78, 5) is 11.5. The molecule has 0 heterocycles. The number of amides is 1. The fraction of sp³-hybridized carbons (Fsp3) is 0.909. The second-order valence-electron chi connectivity index (χ2n) is 5.17. The van der Waals surface area contributed by atoms with Gasteiger partial charge < -0.3 is 15.2 Å². The van der Waals surface area contributed by atoms with Crippen molar-refractivity contribution in [3.8, 4) is 0 Å². The summed E-state index contributed by atoms with van der Waals surface area (Å²) in [6.07, 6.45) is 0.508. The van der Waals surface area contributed by atoms with Gasteiger partial charge in [0.05, 0.1) is 5.60 Å². The number of carbonyl (C=O) groups is 1. The quantitative estimate of drug-likeness (QED) is 0.720. The van der Waals surface area contributed by atoms with E-state index in [1.807, 2.05) is 20.8 Å². The number of hydrogen-bond donors (Lipinski definition) is 2. The monoisotopic (exact) mass is 217 g/mol. The first-order valence-electron chi connectivity index (χ1n) is 5.19. The van der Waals surface area contributed by atoms with Gasteiger partial charge in [0.2, 0.25) is 5.91 Å². The molecule has 0 saturated heterocycles. The van der Waals surface area contributed by atoms with Crippen molar-refractivity contribution in [2.24, 2.45) is 5.41 Å². The van der Waals surface area contributed by atoms with Gasteiger partial charge in [-0.1, -0.05) is 20.8 Å². The van der Waals surface area contributed by atoms with Crippen LogP contribution in [0.25, 0.3) is 0 Å². The molecule has 2 N–H and O–H groups in total. The molecule has 90 valence electrons. The van der Waals surface area contributed by atoms with Crippen molar-refractivity contribution in [3.63, 3.8) is 0 Å². The molecule has 4 heteroatoms. The predicted octanol–water partition coefficient (Wildman–Crippen LogP) is 0.936. The van der Waals surface area contributed by atoms with E-state index in [2.05, 4.69) is 5.32 Å². The molecule has 15 heavy (non-hydrogen) atoms. The molecule has 0 aromatic heterocycles. The Morgan fingerprint density at radius 1 is 1.33 bits per heavy atom. The normalized spacial score (nSPS) is 15.9. The van der Waals surface area contributed by atoms with Crippen LogP contribution in [0.15, 0.2) is 0 Å². The van der Waals surface area contributed by atoms with Crippen molar-refractivity contribution in [3.05, 3.63) is 0 Å². The maximum atomic E-state index is 11.5. The van der Waals surface area contributed by atoms with Gasteiger partial charge in [0, 0.05) is 32.1 Å². The lowest BCUT2D eigenvalue weighted by Crippen LogP contribution is -2.45. The first-order valence-corrected chi connectivity index (χ1v) is 5.19. The molecule has 0 bridgehead atoms. The Morgan fingerprint density at radius 2 is 1.87 bits per heavy atom. The molecule has 0 fully saturated rings. The van der Waals surface area contributed by atoms with Crippen molar-refractivity contribution in [1.29, 1.82) is 0 Å². The van der Waals surface area contributed by atoms with Gasteiger partial charge in [-0.3, -0.25) is 4.79 Å². The van der Waals surface area contributed by atoms with Crippen LogP contribution in [0.1, 0.15) is 34.1 Å². The Balaban J connectivity index is 3.98. The van der Waals surface area contributed by atoms with Gasteiger partial charge in [-0.2, -0.15) is 0 Å². The van der Waals surface area contributed by atoms with Crippen molar-refractivity contribution in [2.45, 2.75) is 39.7 Å². The summed E-state index contributed by atoms with van der Waals surface area (Å²) < 4.78 is 4.88. The highest BCUT2D eigenvalue weighted by atomic mass is 16.5. The number of aliphatic hydroxyl groups is 1. The Labute approximate surface area is 92.0 Å². The number of rotatable bonds is 5. The van der Waals surface area contributed by atoms with Gasteiger partial charge in [0.25, 0.3) is 0 Å². The summed E-state index contributed by atoms with van der Waals surface area (Å²) in [7, 11) is 1.59. The number of ether oxygens (including phenoxy) is 1. The molecule has 0 aliphatic heterocycles. The molecule has 0 saturated carbocycles. The summed E-state index contributed by atoms with van der Waals surface area (Å²) in [5, 5.41) is 12.6. The van der Waals surface area contributed by atoms with E-state index in [9.17, 15) is 9.90 Å². The van der Waals surface area contributed by atoms with Gasteiger partial charge in [0.15, 0.2) is 0 Å². The van der Waals surface area contributed by atoms with E-state index in [-0.39, 0.29) is 12.5 Å².